The van der Waals surface area contributed by atoms with E-state index < -0.39 is 15.6 Å². The molecule has 1 aliphatic rings. The third-order valence-electron chi connectivity index (χ3n) is 4.69. The molecule has 1 atom stereocenters. The van der Waals surface area contributed by atoms with E-state index >= 15 is 0 Å². The fourth-order valence-electron chi connectivity index (χ4n) is 3.19. The first-order chi connectivity index (χ1) is 12.1. The van der Waals surface area contributed by atoms with Gasteiger partial charge in [0.1, 0.15) is 4.21 Å². The number of anilines is 2. The van der Waals surface area contributed by atoms with Crippen molar-refractivity contribution in [2.24, 2.45) is 0 Å². The normalized spacial score (nSPS) is 19.7. The van der Waals surface area contributed by atoms with Crippen molar-refractivity contribution in [3.63, 3.8) is 0 Å². The van der Waals surface area contributed by atoms with Gasteiger partial charge in [0.2, 0.25) is 0 Å². The van der Waals surface area contributed by atoms with Crippen molar-refractivity contribution < 1.29 is 13.5 Å². The van der Waals surface area contributed by atoms with E-state index in [9.17, 15) is 13.5 Å². The van der Waals surface area contributed by atoms with Gasteiger partial charge in [0.05, 0.1) is 10.6 Å². The Balaban J connectivity index is 1.74. The Morgan fingerprint density at radius 2 is 1.81 bits per heavy atom. The van der Waals surface area contributed by atoms with Crippen LogP contribution >= 0.6 is 11.3 Å². The second kappa shape index (κ2) is 6.84. The number of aliphatic hydroxyl groups is 1. The zero-order chi connectivity index (χ0) is 19.1. The summed E-state index contributed by atoms with van der Waals surface area (Å²) < 4.78 is 27.4. The fourth-order valence-corrected chi connectivity index (χ4v) is 5.95. The quantitative estimate of drug-likeness (QED) is 0.830. The van der Waals surface area contributed by atoms with Gasteiger partial charge in [-0.25, -0.2) is 8.42 Å². The number of hydrogen-bond acceptors (Lipinski definition) is 6. The molecule has 26 heavy (non-hydrogen) atoms. The van der Waals surface area contributed by atoms with Crippen LogP contribution in [0.2, 0.25) is 0 Å². The molecule has 0 saturated carbocycles. The van der Waals surface area contributed by atoms with Crippen LogP contribution in [0.3, 0.4) is 0 Å². The lowest BCUT2D eigenvalue weighted by atomic mass is 9.98. The topological polar surface area (TPSA) is 86.9 Å². The number of nitrogens with two attached hydrogens (primary N) is 1. The summed E-state index contributed by atoms with van der Waals surface area (Å²) in [6.07, 6.45) is 0. The molecule has 0 aliphatic carbocycles. The highest BCUT2D eigenvalue weighted by atomic mass is 32.2. The van der Waals surface area contributed by atoms with Crippen LogP contribution < -0.4 is 10.6 Å². The van der Waals surface area contributed by atoms with Crippen molar-refractivity contribution in [3.05, 3.63) is 42.0 Å². The Hall–Kier alpha value is -1.61. The van der Waals surface area contributed by atoms with Crippen LogP contribution in [-0.2, 0) is 15.6 Å². The maximum absolute atomic E-state index is 12.8. The Morgan fingerprint density at radius 1 is 1.15 bits per heavy atom. The van der Waals surface area contributed by atoms with Gasteiger partial charge in [0.15, 0.2) is 0 Å². The molecule has 1 aromatic heterocycles. The van der Waals surface area contributed by atoms with Gasteiger partial charge in [-0.3, -0.25) is 0 Å². The summed E-state index contributed by atoms with van der Waals surface area (Å²) >= 11 is 1.10. The number of benzene rings is 1. The van der Waals surface area contributed by atoms with Gasteiger partial charge < -0.3 is 15.7 Å². The van der Waals surface area contributed by atoms with Crippen molar-refractivity contribution in [1.82, 2.24) is 4.31 Å². The number of hydrogen-bond donors (Lipinski definition) is 2. The molecule has 0 radical (unpaired) electrons. The minimum Gasteiger partial charge on any atom is -0.391 e. The first kappa shape index (κ1) is 19.2. The molecule has 0 spiro atoms. The van der Waals surface area contributed by atoms with Gasteiger partial charge in [-0.1, -0.05) is 12.1 Å². The van der Waals surface area contributed by atoms with E-state index in [1.807, 2.05) is 31.2 Å². The zero-order valence-electron chi connectivity index (χ0n) is 15.2. The molecule has 1 aliphatic heterocycles. The number of thiophene rings is 1. The summed E-state index contributed by atoms with van der Waals surface area (Å²) in [4.78, 5) is 2.20. The van der Waals surface area contributed by atoms with Crippen LogP contribution in [0.5, 0.6) is 0 Å². The minimum absolute atomic E-state index is 0.0452. The van der Waals surface area contributed by atoms with Gasteiger partial charge >= 0.3 is 0 Å². The highest BCUT2D eigenvalue weighted by Crippen LogP contribution is 2.30. The van der Waals surface area contributed by atoms with E-state index in [2.05, 4.69) is 4.90 Å². The van der Waals surface area contributed by atoms with E-state index in [0.717, 1.165) is 22.6 Å². The van der Waals surface area contributed by atoms with Crippen LogP contribution in [-0.4, -0.2) is 43.5 Å². The van der Waals surface area contributed by atoms with E-state index in [-0.39, 0.29) is 6.04 Å². The maximum Gasteiger partial charge on any atom is 0.252 e. The van der Waals surface area contributed by atoms with Gasteiger partial charge in [-0.15, -0.1) is 11.3 Å². The Labute approximate surface area is 158 Å². The summed E-state index contributed by atoms with van der Waals surface area (Å²) in [7, 11) is -3.49. The summed E-state index contributed by atoms with van der Waals surface area (Å²) in [5.41, 5.74) is 6.69. The molecule has 1 aromatic carbocycles. The van der Waals surface area contributed by atoms with Crippen molar-refractivity contribution >= 4 is 32.0 Å². The molecular formula is C18H25N3O3S2. The molecule has 0 unspecified atom stereocenters. The van der Waals surface area contributed by atoms with Crippen molar-refractivity contribution in [2.45, 2.75) is 36.6 Å². The first-order valence-electron chi connectivity index (χ1n) is 8.54. The lowest BCUT2D eigenvalue weighted by Crippen LogP contribution is -2.53. The van der Waals surface area contributed by atoms with Gasteiger partial charge in [-0.05, 0) is 50.6 Å². The number of nitrogen functional groups attached to an aromatic ring is 1. The molecule has 3 rings (SSSR count). The smallest absolute Gasteiger partial charge is 0.252 e. The van der Waals surface area contributed by atoms with Crippen LogP contribution in [0.4, 0.5) is 10.7 Å². The standard InChI is InChI=1S/C18H25N3O3S2/c1-13-12-20(26(23,24)17-9-8-16(19)25-17)10-11-21(13)15-6-4-14(5-7-15)18(2,3)22/h4-9,13,22H,10-12,19H2,1-3H3/t13-/m0/s1. The van der Waals surface area contributed by atoms with E-state index in [1.54, 1.807) is 26.0 Å². The molecule has 142 valence electrons. The predicted octanol–water partition coefficient (Wildman–Crippen LogP) is 2.46. The van der Waals surface area contributed by atoms with E-state index in [0.29, 0.717) is 28.8 Å². The number of sulfonamides is 1. The average molecular weight is 396 g/mol. The summed E-state index contributed by atoms with van der Waals surface area (Å²) in [6, 6.07) is 11.0. The second-order valence-electron chi connectivity index (χ2n) is 7.17. The summed E-state index contributed by atoms with van der Waals surface area (Å²) in [6.45, 7) is 7.00. The SMILES string of the molecule is C[C@H]1CN(S(=O)(=O)c2ccc(N)s2)CCN1c1ccc(C(C)(C)O)cc1. The fraction of sp³-hybridized carbons (Fsp3) is 0.444. The summed E-state index contributed by atoms with van der Waals surface area (Å²) in [5, 5.41) is 10.6. The Morgan fingerprint density at radius 3 is 2.31 bits per heavy atom. The lowest BCUT2D eigenvalue weighted by Gasteiger charge is -2.40. The van der Waals surface area contributed by atoms with E-state index in [4.69, 9.17) is 5.73 Å². The van der Waals surface area contributed by atoms with E-state index in [1.165, 1.54) is 4.31 Å². The van der Waals surface area contributed by atoms with Gasteiger partial charge in [0.25, 0.3) is 10.0 Å². The largest absolute Gasteiger partial charge is 0.391 e. The lowest BCUT2D eigenvalue weighted by molar-refractivity contribution is 0.0786. The number of nitrogens with zero attached hydrogens (tertiary/aromatic N) is 2. The van der Waals surface area contributed by atoms with Crippen LogP contribution in [0.15, 0.2) is 40.6 Å². The maximum atomic E-state index is 12.8. The molecule has 0 amide bonds. The third kappa shape index (κ3) is 3.73. The van der Waals surface area contributed by atoms with Crippen molar-refractivity contribution in [3.8, 4) is 0 Å². The minimum atomic E-state index is -3.49. The molecule has 8 heteroatoms. The molecule has 2 aromatic rings. The highest BCUT2D eigenvalue weighted by molar-refractivity contribution is 7.91. The average Bonchev–Trinajstić information content (AvgIpc) is 3.01. The number of piperazine rings is 1. The number of rotatable bonds is 4. The van der Waals surface area contributed by atoms with Gasteiger partial charge in [-0.2, -0.15) is 4.31 Å². The first-order valence-corrected chi connectivity index (χ1v) is 10.8. The molecule has 6 nitrogen and oxygen atoms in total. The Bertz CT molecular complexity index is 870. The summed E-state index contributed by atoms with van der Waals surface area (Å²) in [5.74, 6) is 0. The van der Waals surface area contributed by atoms with Crippen LogP contribution in [0.25, 0.3) is 0 Å². The Kier molecular flexibility index (Phi) is 5.04. The monoisotopic (exact) mass is 395 g/mol. The molecule has 2 heterocycles. The van der Waals surface area contributed by atoms with Gasteiger partial charge in [0, 0.05) is 31.4 Å². The molecule has 0 bridgehead atoms. The molecule has 1 fully saturated rings. The van der Waals surface area contributed by atoms with Crippen molar-refractivity contribution in [2.75, 3.05) is 30.3 Å². The second-order valence-corrected chi connectivity index (χ2v) is 10.4. The zero-order valence-corrected chi connectivity index (χ0v) is 16.8. The highest BCUT2D eigenvalue weighted by Gasteiger charge is 2.33. The van der Waals surface area contributed by atoms with Crippen LogP contribution in [0.1, 0.15) is 26.3 Å². The molecule has 1 saturated heterocycles. The molecular weight excluding hydrogens is 370 g/mol. The van der Waals surface area contributed by atoms with Crippen molar-refractivity contribution in [1.29, 1.82) is 0 Å². The third-order valence-corrected chi connectivity index (χ3v) is 7.94. The molecule has 3 N–H and O–H groups in total. The van der Waals surface area contributed by atoms with Crippen LogP contribution in [0, 0.1) is 0 Å². The predicted molar refractivity (Wildman–Crippen MR) is 106 cm³/mol.